The molecule has 3 aromatic carbocycles. The SMILES string of the molecule is CC1(OC(O)c2ccc(O)cc2)CCC(c2ccc(OC(=O)c3ccc(O)cc3)cc2)CC1. The van der Waals surface area contributed by atoms with Crippen LogP contribution in [0.3, 0.4) is 0 Å². The largest absolute Gasteiger partial charge is 0.508 e. The van der Waals surface area contributed by atoms with Crippen LogP contribution < -0.4 is 4.74 Å². The van der Waals surface area contributed by atoms with Crippen molar-refractivity contribution in [2.45, 2.75) is 50.4 Å². The second kappa shape index (κ2) is 9.65. The van der Waals surface area contributed by atoms with Crippen molar-refractivity contribution >= 4 is 5.97 Å². The number of aromatic hydroxyl groups is 2. The third kappa shape index (κ3) is 5.72. The van der Waals surface area contributed by atoms with Gasteiger partial charge in [0.1, 0.15) is 17.2 Å². The van der Waals surface area contributed by atoms with Crippen LogP contribution >= 0.6 is 0 Å². The number of aliphatic hydroxyl groups is 1. The third-order valence-corrected chi connectivity index (χ3v) is 6.28. The maximum atomic E-state index is 12.2. The number of carbonyl (C=O) groups excluding carboxylic acids is 1. The van der Waals surface area contributed by atoms with E-state index in [1.165, 1.54) is 42.0 Å². The highest BCUT2D eigenvalue weighted by Crippen LogP contribution is 2.42. The summed E-state index contributed by atoms with van der Waals surface area (Å²) in [7, 11) is 0. The van der Waals surface area contributed by atoms with E-state index in [0.29, 0.717) is 22.8 Å². The molecule has 0 bridgehead atoms. The highest BCUT2D eigenvalue weighted by molar-refractivity contribution is 5.91. The molecule has 6 nitrogen and oxygen atoms in total. The molecule has 0 spiro atoms. The minimum Gasteiger partial charge on any atom is -0.508 e. The van der Waals surface area contributed by atoms with Gasteiger partial charge in [-0.3, -0.25) is 0 Å². The number of esters is 1. The van der Waals surface area contributed by atoms with Gasteiger partial charge in [-0.05, 0) is 92.6 Å². The summed E-state index contributed by atoms with van der Waals surface area (Å²) < 4.78 is 11.4. The minimum absolute atomic E-state index is 0.0970. The molecule has 1 atom stereocenters. The van der Waals surface area contributed by atoms with E-state index in [4.69, 9.17) is 9.47 Å². The predicted octanol–water partition coefficient (Wildman–Crippen LogP) is 5.44. The number of aliphatic hydroxyl groups excluding tert-OH is 1. The van der Waals surface area contributed by atoms with Gasteiger partial charge >= 0.3 is 5.97 Å². The van der Waals surface area contributed by atoms with Crippen LogP contribution in [-0.4, -0.2) is 26.9 Å². The molecule has 33 heavy (non-hydrogen) atoms. The van der Waals surface area contributed by atoms with Gasteiger partial charge < -0.3 is 24.8 Å². The highest BCUT2D eigenvalue weighted by Gasteiger charge is 2.34. The Morgan fingerprint density at radius 3 is 2.00 bits per heavy atom. The first-order valence-corrected chi connectivity index (χ1v) is 11.1. The lowest BCUT2D eigenvalue weighted by atomic mass is 9.77. The van der Waals surface area contributed by atoms with Crippen molar-refractivity contribution in [3.63, 3.8) is 0 Å². The van der Waals surface area contributed by atoms with Gasteiger partial charge in [-0.15, -0.1) is 0 Å². The number of phenolic OH excluding ortho intramolecular Hbond substituents is 2. The number of rotatable bonds is 6. The van der Waals surface area contributed by atoms with Crippen molar-refractivity contribution < 1.29 is 29.6 Å². The maximum absolute atomic E-state index is 12.2. The molecule has 172 valence electrons. The molecule has 0 amide bonds. The monoisotopic (exact) mass is 448 g/mol. The molecule has 0 aliphatic heterocycles. The first-order valence-electron chi connectivity index (χ1n) is 11.1. The number of hydrogen-bond acceptors (Lipinski definition) is 6. The van der Waals surface area contributed by atoms with Gasteiger partial charge in [-0.2, -0.15) is 0 Å². The number of ether oxygens (including phenoxy) is 2. The van der Waals surface area contributed by atoms with E-state index in [9.17, 15) is 20.1 Å². The normalized spacial score (nSPS) is 21.3. The van der Waals surface area contributed by atoms with E-state index in [-0.39, 0.29) is 11.5 Å². The van der Waals surface area contributed by atoms with Crippen LogP contribution in [0.1, 0.15) is 66.3 Å². The van der Waals surface area contributed by atoms with Crippen LogP contribution in [0, 0.1) is 0 Å². The molecule has 3 N–H and O–H groups in total. The van der Waals surface area contributed by atoms with E-state index >= 15 is 0 Å². The van der Waals surface area contributed by atoms with E-state index in [2.05, 4.69) is 0 Å². The molecule has 0 aromatic heterocycles. The highest BCUT2D eigenvalue weighted by atomic mass is 16.6. The molecule has 0 saturated heterocycles. The smallest absolute Gasteiger partial charge is 0.343 e. The lowest BCUT2D eigenvalue weighted by Crippen LogP contribution is -2.35. The van der Waals surface area contributed by atoms with Crippen LogP contribution in [-0.2, 0) is 4.74 Å². The summed E-state index contributed by atoms with van der Waals surface area (Å²) in [5.41, 5.74) is 1.75. The average Bonchev–Trinajstić information content (AvgIpc) is 2.81. The molecule has 1 saturated carbocycles. The average molecular weight is 449 g/mol. The fourth-order valence-electron chi connectivity index (χ4n) is 4.23. The van der Waals surface area contributed by atoms with Crippen LogP contribution in [0.5, 0.6) is 17.2 Å². The molecule has 1 fully saturated rings. The summed E-state index contributed by atoms with van der Waals surface area (Å²) in [5.74, 6) is 0.617. The van der Waals surface area contributed by atoms with Crippen LogP contribution in [0.25, 0.3) is 0 Å². The summed E-state index contributed by atoms with van der Waals surface area (Å²) in [6.45, 7) is 2.03. The number of phenols is 2. The van der Waals surface area contributed by atoms with Crippen LogP contribution in [0.15, 0.2) is 72.8 Å². The molecular formula is C27H28O6. The summed E-state index contributed by atoms with van der Waals surface area (Å²) in [4.78, 5) is 12.2. The van der Waals surface area contributed by atoms with Gasteiger partial charge in [-0.25, -0.2) is 4.79 Å². The summed E-state index contributed by atoms with van der Waals surface area (Å²) in [6.07, 6.45) is 2.43. The quantitative estimate of drug-likeness (QED) is 0.264. The predicted molar refractivity (Wildman–Crippen MR) is 123 cm³/mol. The molecule has 1 aliphatic carbocycles. The van der Waals surface area contributed by atoms with E-state index < -0.39 is 17.9 Å². The lowest BCUT2D eigenvalue weighted by molar-refractivity contribution is -0.194. The first-order chi connectivity index (χ1) is 15.8. The van der Waals surface area contributed by atoms with Crippen molar-refractivity contribution in [3.8, 4) is 17.2 Å². The van der Waals surface area contributed by atoms with Gasteiger partial charge in [0, 0.05) is 5.56 Å². The molecule has 4 rings (SSSR count). The van der Waals surface area contributed by atoms with Crippen molar-refractivity contribution in [3.05, 3.63) is 89.5 Å². The number of carbonyl (C=O) groups is 1. The zero-order chi connectivity index (χ0) is 23.4. The minimum atomic E-state index is -1.03. The van der Waals surface area contributed by atoms with Crippen molar-refractivity contribution in [1.82, 2.24) is 0 Å². The van der Waals surface area contributed by atoms with Gasteiger partial charge in [0.2, 0.25) is 0 Å². The second-order valence-electron chi connectivity index (χ2n) is 8.79. The van der Waals surface area contributed by atoms with Crippen molar-refractivity contribution in [2.24, 2.45) is 0 Å². The molecule has 3 aromatic rings. The molecule has 1 aliphatic rings. The number of hydrogen-bond donors (Lipinski definition) is 3. The topological polar surface area (TPSA) is 96.2 Å². The Hall–Kier alpha value is -3.35. The van der Waals surface area contributed by atoms with Gasteiger partial charge in [0.25, 0.3) is 0 Å². The third-order valence-electron chi connectivity index (χ3n) is 6.28. The van der Waals surface area contributed by atoms with Crippen molar-refractivity contribution in [2.75, 3.05) is 0 Å². The Bertz CT molecular complexity index is 1070. The zero-order valence-corrected chi connectivity index (χ0v) is 18.5. The Balaban J connectivity index is 1.31. The van der Waals surface area contributed by atoms with E-state index in [1.54, 1.807) is 24.3 Å². The van der Waals surface area contributed by atoms with Crippen LogP contribution in [0.2, 0.25) is 0 Å². The molecule has 0 heterocycles. The standard InChI is InChI=1S/C27H28O6/c1-27(33-26(31)21-4-10-23(29)11-5-21)16-14-19(15-17-27)18-6-12-24(13-7-18)32-25(30)20-2-8-22(28)9-3-20/h2-13,19,26,28-29,31H,14-17H2,1H3. The molecular weight excluding hydrogens is 420 g/mol. The van der Waals surface area contributed by atoms with E-state index in [1.807, 2.05) is 19.1 Å². The zero-order valence-electron chi connectivity index (χ0n) is 18.5. The Labute approximate surface area is 193 Å². The fourth-order valence-corrected chi connectivity index (χ4v) is 4.23. The molecule has 1 unspecified atom stereocenters. The van der Waals surface area contributed by atoms with E-state index in [0.717, 1.165) is 25.7 Å². The Morgan fingerprint density at radius 1 is 0.879 bits per heavy atom. The maximum Gasteiger partial charge on any atom is 0.343 e. The van der Waals surface area contributed by atoms with Gasteiger partial charge in [-0.1, -0.05) is 24.3 Å². The van der Waals surface area contributed by atoms with Crippen LogP contribution in [0.4, 0.5) is 0 Å². The molecule has 6 heteroatoms. The molecule has 0 radical (unpaired) electrons. The summed E-state index contributed by atoms with van der Waals surface area (Å²) >= 11 is 0. The van der Waals surface area contributed by atoms with Gasteiger partial charge in [0.15, 0.2) is 6.29 Å². The van der Waals surface area contributed by atoms with Gasteiger partial charge in [0.05, 0.1) is 11.2 Å². The number of benzene rings is 3. The Kier molecular flexibility index (Phi) is 6.67. The summed E-state index contributed by atoms with van der Waals surface area (Å²) in [6, 6.07) is 19.9. The lowest BCUT2D eigenvalue weighted by Gasteiger charge is -2.39. The fraction of sp³-hybridized carbons (Fsp3) is 0.296. The summed E-state index contributed by atoms with van der Waals surface area (Å²) in [5, 5.41) is 29.2. The second-order valence-corrected chi connectivity index (χ2v) is 8.79. The first kappa shape index (κ1) is 22.8. The van der Waals surface area contributed by atoms with Crippen molar-refractivity contribution in [1.29, 1.82) is 0 Å². The Morgan fingerprint density at radius 2 is 1.42 bits per heavy atom.